The largest absolute Gasteiger partial charge is 0.353 e. The summed E-state index contributed by atoms with van der Waals surface area (Å²) in [5.41, 5.74) is 1.21. The number of anilines is 1. The van der Waals surface area contributed by atoms with Crippen LogP contribution >= 0.6 is 0 Å². The van der Waals surface area contributed by atoms with Crippen molar-refractivity contribution in [1.29, 1.82) is 0 Å². The van der Waals surface area contributed by atoms with Crippen molar-refractivity contribution in [2.24, 2.45) is 0 Å². The fourth-order valence-corrected chi connectivity index (χ4v) is 2.75. The van der Waals surface area contributed by atoms with Crippen molar-refractivity contribution < 1.29 is 14.4 Å². The maximum Gasteiger partial charge on any atom is 0.322 e. The van der Waals surface area contributed by atoms with Gasteiger partial charge in [-0.15, -0.1) is 0 Å². The van der Waals surface area contributed by atoms with E-state index in [-0.39, 0.29) is 24.4 Å². The Hall–Kier alpha value is -2.57. The lowest BCUT2D eigenvalue weighted by atomic mass is 10.1. The Balaban J connectivity index is 1.97. The molecule has 1 aromatic rings. The zero-order chi connectivity index (χ0) is 18.2. The predicted molar refractivity (Wildman–Crippen MR) is 96.5 cm³/mol. The number of nitrogens with zero attached hydrogens (tertiary/aromatic N) is 2. The standard InChI is InChI=1S/C18H26N4O3/c1-3-10-21(11-4-2)17(24)14-5-7-15(8-6-14)20-18(25)22-12-9-19-16(23)13-22/h5-8H,3-4,9-13H2,1-2H3,(H,19,23)(H,20,25). The van der Waals surface area contributed by atoms with Crippen molar-refractivity contribution in [3.05, 3.63) is 29.8 Å². The zero-order valence-electron chi connectivity index (χ0n) is 14.9. The Bertz CT molecular complexity index is 609. The van der Waals surface area contributed by atoms with Gasteiger partial charge in [-0.3, -0.25) is 9.59 Å². The van der Waals surface area contributed by atoms with E-state index in [9.17, 15) is 14.4 Å². The summed E-state index contributed by atoms with van der Waals surface area (Å²) in [6, 6.07) is 6.56. The van der Waals surface area contributed by atoms with Crippen LogP contribution < -0.4 is 10.6 Å². The van der Waals surface area contributed by atoms with Crippen LogP contribution in [0.3, 0.4) is 0 Å². The van der Waals surface area contributed by atoms with E-state index in [1.54, 1.807) is 24.3 Å². The fourth-order valence-electron chi connectivity index (χ4n) is 2.75. The molecular formula is C18H26N4O3. The summed E-state index contributed by atoms with van der Waals surface area (Å²) in [5.74, 6) is -0.149. The molecule has 1 fully saturated rings. The molecule has 0 bridgehead atoms. The Morgan fingerprint density at radius 1 is 1.16 bits per heavy atom. The smallest absolute Gasteiger partial charge is 0.322 e. The molecular weight excluding hydrogens is 320 g/mol. The van der Waals surface area contributed by atoms with Gasteiger partial charge in [0.05, 0.1) is 0 Å². The van der Waals surface area contributed by atoms with Crippen LogP contribution in [-0.4, -0.2) is 60.4 Å². The number of benzene rings is 1. The predicted octanol–water partition coefficient (Wildman–Crippen LogP) is 1.91. The fraction of sp³-hybridized carbons (Fsp3) is 0.500. The van der Waals surface area contributed by atoms with Crippen molar-refractivity contribution in [2.75, 3.05) is 38.0 Å². The minimum Gasteiger partial charge on any atom is -0.353 e. The number of hydrogen-bond donors (Lipinski definition) is 2. The summed E-state index contributed by atoms with van der Waals surface area (Å²) < 4.78 is 0. The number of hydrogen-bond acceptors (Lipinski definition) is 3. The molecule has 1 heterocycles. The molecule has 25 heavy (non-hydrogen) atoms. The van der Waals surface area contributed by atoms with Crippen LogP contribution in [0.1, 0.15) is 37.0 Å². The Kier molecular flexibility index (Phi) is 6.80. The maximum atomic E-state index is 12.5. The first-order chi connectivity index (χ1) is 12.0. The topological polar surface area (TPSA) is 81.8 Å². The molecule has 0 aromatic heterocycles. The van der Waals surface area contributed by atoms with Gasteiger partial charge in [-0.1, -0.05) is 13.8 Å². The van der Waals surface area contributed by atoms with Gasteiger partial charge in [0.2, 0.25) is 5.91 Å². The molecule has 0 saturated carbocycles. The Morgan fingerprint density at radius 2 is 1.80 bits per heavy atom. The highest BCUT2D eigenvalue weighted by molar-refractivity contribution is 5.96. The van der Waals surface area contributed by atoms with Crippen LogP contribution in [0.2, 0.25) is 0 Å². The number of urea groups is 1. The molecule has 0 radical (unpaired) electrons. The van der Waals surface area contributed by atoms with Gasteiger partial charge in [0.1, 0.15) is 6.54 Å². The summed E-state index contributed by atoms with van der Waals surface area (Å²) in [4.78, 5) is 39.4. The SMILES string of the molecule is CCCN(CCC)C(=O)c1ccc(NC(=O)N2CCNC(=O)C2)cc1. The lowest BCUT2D eigenvalue weighted by Gasteiger charge is -2.26. The second kappa shape index (κ2) is 9.05. The lowest BCUT2D eigenvalue weighted by molar-refractivity contribution is -0.123. The van der Waals surface area contributed by atoms with E-state index < -0.39 is 0 Å². The van der Waals surface area contributed by atoms with Crippen molar-refractivity contribution in [3.63, 3.8) is 0 Å². The van der Waals surface area contributed by atoms with Gasteiger partial charge < -0.3 is 20.4 Å². The number of carbonyl (C=O) groups excluding carboxylic acids is 3. The monoisotopic (exact) mass is 346 g/mol. The molecule has 136 valence electrons. The highest BCUT2D eigenvalue weighted by Gasteiger charge is 2.21. The highest BCUT2D eigenvalue weighted by atomic mass is 16.2. The van der Waals surface area contributed by atoms with E-state index in [4.69, 9.17) is 0 Å². The molecule has 4 amide bonds. The minimum atomic E-state index is -0.312. The molecule has 2 rings (SSSR count). The van der Waals surface area contributed by atoms with Gasteiger partial charge in [0.25, 0.3) is 5.91 Å². The summed E-state index contributed by atoms with van der Waals surface area (Å²) in [6.45, 7) is 6.59. The number of piperazine rings is 1. The van der Waals surface area contributed by atoms with Crippen LogP contribution in [0.15, 0.2) is 24.3 Å². The van der Waals surface area contributed by atoms with Gasteiger partial charge in [-0.2, -0.15) is 0 Å². The molecule has 7 heteroatoms. The number of amides is 4. The van der Waals surface area contributed by atoms with Gasteiger partial charge in [0.15, 0.2) is 0 Å². The molecule has 1 aliphatic heterocycles. The second-order valence-corrected chi connectivity index (χ2v) is 6.07. The van der Waals surface area contributed by atoms with Crippen molar-refractivity contribution in [1.82, 2.24) is 15.1 Å². The van der Waals surface area contributed by atoms with Crippen LogP contribution in [0.5, 0.6) is 0 Å². The summed E-state index contributed by atoms with van der Waals surface area (Å²) in [6.07, 6.45) is 1.84. The van der Waals surface area contributed by atoms with E-state index in [1.165, 1.54) is 4.90 Å². The van der Waals surface area contributed by atoms with Gasteiger partial charge >= 0.3 is 6.03 Å². The van der Waals surface area contributed by atoms with E-state index in [1.807, 2.05) is 4.90 Å². The number of nitrogens with one attached hydrogen (secondary N) is 2. The second-order valence-electron chi connectivity index (χ2n) is 6.07. The summed E-state index contributed by atoms with van der Waals surface area (Å²) >= 11 is 0. The third-order valence-electron chi connectivity index (χ3n) is 3.98. The first-order valence-electron chi connectivity index (χ1n) is 8.77. The average Bonchev–Trinajstić information content (AvgIpc) is 2.61. The van der Waals surface area contributed by atoms with Gasteiger partial charge in [0, 0.05) is 37.4 Å². The molecule has 7 nitrogen and oxygen atoms in total. The Labute approximate surface area is 148 Å². The third-order valence-corrected chi connectivity index (χ3v) is 3.98. The molecule has 0 atom stereocenters. The van der Waals surface area contributed by atoms with E-state index in [0.29, 0.717) is 24.3 Å². The molecule has 0 unspecified atom stereocenters. The maximum absolute atomic E-state index is 12.5. The molecule has 2 N–H and O–H groups in total. The number of rotatable bonds is 6. The normalized spacial score (nSPS) is 14.0. The van der Waals surface area contributed by atoms with Gasteiger partial charge in [-0.05, 0) is 37.1 Å². The van der Waals surface area contributed by atoms with E-state index >= 15 is 0 Å². The van der Waals surface area contributed by atoms with Crippen LogP contribution in [0.25, 0.3) is 0 Å². The molecule has 0 spiro atoms. The summed E-state index contributed by atoms with van der Waals surface area (Å²) in [5, 5.41) is 5.44. The number of carbonyl (C=O) groups is 3. The van der Waals surface area contributed by atoms with Crippen LogP contribution in [0, 0.1) is 0 Å². The van der Waals surface area contributed by atoms with Crippen LogP contribution in [0.4, 0.5) is 10.5 Å². The van der Waals surface area contributed by atoms with Crippen molar-refractivity contribution >= 4 is 23.5 Å². The van der Waals surface area contributed by atoms with Crippen LogP contribution in [-0.2, 0) is 4.79 Å². The van der Waals surface area contributed by atoms with Gasteiger partial charge in [-0.25, -0.2) is 4.79 Å². The molecule has 1 aliphatic rings. The Morgan fingerprint density at radius 3 is 2.36 bits per heavy atom. The quantitative estimate of drug-likeness (QED) is 0.825. The van der Waals surface area contributed by atoms with E-state index in [2.05, 4.69) is 24.5 Å². The van der Waals surface area contributed by atoms with E-state index in [0.717, 1.165) is 25.9 Å². The molecule has 1 saturated heterocycles. The first kappa shape index (κ1) is 18.8. The summed E-state index contributed by atoms with van der Waals surface area (Å²) in [7, 11) is 0. The minimum absolute atomic E-state index is 0.00859. The first-order valence-corrected chi connectivity index (χ1v) is 8.77. The molecule has 0 aliphatic carbocycles. The average molecular weight is 346 g/mol. The molecule has 1 aromatic carbocycles. The highest BCUT2D eigenvalue weighted by Crippen LogP contribution is 2.13. The zero-order valence-corrected chi connectivity index (χ0v) is 14.9. The lowest BCUT2D eigenvalue weighted by Crippen LogP contribution is -2.51. The third kappa shape index (κ3) is 5.20. The van der Waals surface area contributed by atoms with Crippen molar-refractivity contribution in [3.8, 4) is 0 Å². The van der Waals surface area contributed by atoms with Crippen molar-refractivity contribution in [2.45, 2.75) is 26.7 Å².